The van der Waals surface area contributed by atoms with Crippen molar-refractivity contribution in [2.45, 2.75) is 6.04 Å². The van der Waals surface area contributed by atoms with Crippen molar-refractivity contribution in [3.8, 4) is 11.5 Å². The number of nitrogens with two attached hydrogens (primary N) is 1. The lowest BCUT2D eigenvalue weighted by molar-refractivity contribution is 0.354. The Morgan fingerprint density at radius 2 is 1.67 bits per heavy atom. The number of hydrogen-bond acceptors (Lipinski definition) is 4. The van der Waals surface area contributed by atoms with E-state index in [1.54, 1.807) is 14.2 Å². The van der Waals surface area contributed by atoms with Gasteiger partial charge in [0.15, 0.2) is 11.5 Å². The zero-order valence-corrected chi connectivity index (χ0v) is 14.0. The van der Waals surface area contributed by atoms with Crippen LogP contribution in [0.25, 0.3) is 0 Å². The Morgan fingerprint density at radius 3 is 2.24 bits per heavy atom. The van der Waals surface area contributed by atoms with Crippen molar-refractivity contribution in [1.82, 2.24) is 5.43 Å². The molecule has 1 atom stereocenters. The molecule has 0 aliphatic heterocycles. The molecule has 6 heteroatoms. The number of halogens is 2. The fraction of sp³-hybridized carbons (Fsp3) is 0.200. The monoisotopic (exact) mass is 370 g/mol. The maximum atomic E-state index is 6.03. The predicted octanol–water partition coefficient (Wildman–Crippen LogP) is 3.67. The van der Waals surface area contributed by atoms with Crippen LogP contribution in [0.5, 0.6) is 11.5 Å². The number of ether oxygens (including phenoxy) is 2. The molecule has 0 fully saturated rings. The van der Waals surface area contributed by atoms with Gasteiger partial charge < -0.3 is 9.47 Å². The molecule has 0 aliphatic rings. The second-order valence-electron chi connectivity index (χ2n) is 4.39. The highest BCUT2D eigenvalue weighted by molar-refractivity contribution is 9.10. The van der Waals surface area contributed by atoms with Gasteiger partial charge in [-0.25, -0.2) is 5.43 Å². The molecular weight excluding hydrogens is 356 g/mol. The summed E-state index contributed by atoms with van der Waals surface area (Å²) in [5.74, 6) is 7.05. The van der Waals surface area contributed by atoms with Gasteiger partial charge in [0.25, 0.3) is 0 Å². The first-order valence-corrected chi connectivity index (χ1v) is 7.40. The Balaban J connectivity index is 2.43. The minimum Gasteiger partial charge on any atom is -0.493 e. The molecule has 0 spiro atoms. The largest absolute Gasteiger partial charge is 0.493 e. The van der Waals surface area contributed by atoms with E-state index < -0.39 is 0 Å². The van der Waals surface area contributed by atoms with Crippen LogP contribution in [0.4, 0.5) is 0 Å². The first-order chi connectivity index (χ1) is 10.1. The fourth-order valence-corrected chi connectivity index (χ4v) is 2.62. The lowest BCUT2D eigenvalue weighted by Crippen LogP contribution is -2.28. The third-order valence-corrected chi connectivity index (χ3v) is 4.40. The Morgan fingerprint density at radius 1 is 1.05 bits per heavy atom. The third kappa shape index (κ3) is 3.49. The Hall–Kier alpha value is -1.27. The van der Waals surface area contributed by atoms with Gasteiger partial charge in [0, 0.05) is 4.47 Å². The average molecular weight is 372 g/mol. The minimum atomic E-state index is -0.182. The van der Waals surface area contributed by atoms with Gasteiger partial charge in [-0.3, -0.25) is 5.84 Å². The van der Waals surface area contributed by atoms with Crippen molar-refractivity contribution >= 4 is 27.5 Å². The van der Waals surface area contributed by atoms with Crippen LogP contribution in [0.1, 0.15) is 17.2 Å². The minimum absolute atomic E-state index is 0.182. The van der Waals surface area contributed by atoms with Crippen LogP contribution in [-0.4, -0.2) is 14.2 Å². The van der Waals surface area contributed by atoms with Gasteiger partial charge in [-0.15, -0.1) is 0 Å². The molecule has 0 radical (unpaired) electrons. The van der Waals surface area contributed by atoms with Gasteiger partial charge >= 0.3 is 0 Å². The van der Waals surface area contributed by atoms with E-state index in [4.69, 9.17) is 26.9 Å². The molecular formula is C15H16BrClN2O2. The zero-order chi connectivity index (χ0) is 15.4. The molecule has 0 saturated carbocycles. The molecule has 0 saturated heterocycles. The van der Waals surface area contributed by atoms with Crippen LogP contribution < -0.4 is 20.7 Å². The molecule has 112 valence electrons. The van der Waals surface area contributed by atoms with Crippen molar-refractivity contribution in [2.75, 3.05) is 14.2 Å². The van der Waals surface area contributed by atoms with E-state index >= 15 is 0 Å². The molecule has 0 amide bonds. The quantitative estimate of drug-likeness (QED) is 0.622. The van der Waals surface area contributed by atoms with E-state index in [0.717, 1.165) is 15.6 Å². The van der Waals surface area contributed by atoms with Gasteiger partial charge in [-0.1, -0.05) is 23.7 Å². The topological polar surface area (TPSA) is 56.5 Å². The molecule has 2 rings (SSSR count). The second kappa shape index (κ2) is 7.13. The van der Waals surface area contributed by atoms with Crippen LogP contribution in [0.3, 0.4) is 0 Å². The maximum absolute atomic E-state index is 6.03. The van der Waals surface area contributed by atoms with Crippen LogP contribution in [-0.2, 0) is 0 Å². The normalized spacial score (nSPS) is 12.0. The van der Waals surface area contributed by atoms with E-state index in [2.05, 4.69) is 21.4 Å². The average Bonchev–Trinajstić information content (AvgIpc) is 2.51. The lowest BCUT2D eigenvalue weighted by Gasteiger charge is -2.19. The lowest BCUT2D eigenvalue weighted by atomic mass is 9.99. The molecule has 0 heterocycles. The van der Waals surface area contributed by atoms with Crippen LogP contribution in [0.15, 0.2) is 40.9 Å². The predicted molar refractivity (Wildman–Crippen MR) is 87.9 cm³/mol. The molecule has 3 N–H and O–H groups in total. The summed E-state index contributed by atoms with van der Waals surface area (Å²) in [6.45, 7) is 0. The third-order valence-electron chi connectivity index (χ3n) is 3.18. The highest BCUT2D eigenvalue weighted by Gasteiger charge is 2.16. The second-order valence-corrected chi connectivity index (χ2v) is 5.65. The summed E-state index contributed by atoms with van der Waals surface area (Å²) in [6, 6.07) is 11.2. The molecule has 21 heavy (non-hydrogen) atoms. The van der Waals surface area contributed by atoms with Crippen molar-refractivity contribution < 1.29 is 9.47 Å². The highest BCUT2D eigenvalue weighted by Crippen LogP contribution is 2.33. The first kappa shape index (κ1) is 16.1. The highest BCUT2D eigenvalue weighted by atomic mass is 79.9. The molecule has 0 aromatic heterocycles. The number of hydrogen-bond donors (Lipinski definition) is 2. The Bertz CT molecular complexity index is 637. The van der Waals surface area contributed by atoms with Gasteiger partial charge in [0.05, 0.1) is 25.3 Å². The molecule has 2 aromatic carbocycles. The van der Waals surface area contributed by atoms with Crippen LogP contribution >= 0.6 is 27.5 Å². The number of benzene rings is 2. The van der Waals surface area contributed by atoms with E-state index in [1.807, 2.05) is 36.4 Å². The Kier molecular flexibility index (Phi) is 5.47. The van der Waals surface area contributed by atoms with Crippen LogP contribution in [0, 0.1) is 0 Å². The van der Waals surface area contributed by atoms with E-state index in [1.165, 1.54) is 0 Å². The summed E-state index contributed by atoms with van der Waals surface area (Å²) in [5, 5.41) is 0.654. The molecule has 2 aromatic rings. The summed E-state index contributed by atoms with van der Waals surface area (Å²) in [7, 11) is 3.21. The summed E-state index contributed by atoms with van der Waals surface area (Å²) >= 11 is 9.45. The SMILES string of the molecule is COc1ccc(C(NN)c2ccc(Cl)c(Br)c2)cc1OC. The summed E-state index contributed by atoms with van der Waals surface area (Å²) < 4.78 is 11.4. The molecule has 1 unspecified atom stereocenters. The van der Waals surface area contributed by atoms with E-state index in [-0.39, 0.29) is 6.04 Å². The maximum Gasteiger partial charge on any atom is 0.161 e. The smallest absolute Gasteiger partial charge is 0.161 e. The van der Waals surface area contributed by atoms with Gasteiger partial charge in [-0.05, 0) is 51.3 Å². The molecule has 0 aliphatic carbocycles. The van der Waals surface area contributed by atoms with Crippen LogP contribution in [0.2, 0.25) is 5.02 Å². The van der Waals surface area contributed by atoms with E-state index in [0.29, 0.717) is 16.5 Å². The number of hydrazine groups is 1. The summed E-state index contributed by atoms with van der Waals surface area (Å²) in [5.41, 5.74) is 4.76. The number of rotatable bonds is 5. The van der Waals surface area contributed by atoms with Gasteiger partial charge in [-0.2, -0.15) is 0 Å². The van der Waals surface area contributed by atoms with Crippen molar-refractivity contribution in [2.24, 2.45) is 5.84 Å². The van der Waals surface area contributed by atoms with E-state index in [9.17, 15) is 0 Å². The Labute approximate surface area is 137 Å². The summed E-state index contributed by atoms with van der Waals surface area (Å²) in [4.78, 5) is 0. The van der Waals surface area contributed by atoms with Crippen molar-refractivity contribution in [1.29, 1.82) is 0 Å². The first-order valence-electron chi connectivity index (χ1n) is 6.23. The molecule has 0 bridgehead atoms. The number of nitrogens with one attached hydrogen (secondary N) is 1. The van der Waals surface area contributed by atoms with Crippen molar-refractivity contribution in [3.63, 3.8) is 0 Å². The molecule has 4 nitrogen and oxygen atoms in total. The van der Waals surface area contributed by atoms with Gasteiger partial charge in [0.2, 0.25) is 0 Å². The van der Waals surface area contributed by atoms with Crippen molar-refractivity contribution in [3.05, 3.63) is 57.0 Å². The standard InChI is InChI=1S/C15H16BrClN2O2/c1-20-13-6-4-10(8-14(13)21-2)15(19-18)9-3-5-12(17)11(16)7-9/h3-8,15,19H,18H2,1-2H3. The fourth-order valence-electron chi connectivity index (χ4n) is 2.11. The summed E-state index contributed by atoms with van der Waals surface area (Å²) in [6.07, 6.45) is 0. The zero-order valence-electron chi connectivity index (χ0n) is 11.7. The van der Waals surface area contributed by atoms with Gasteiger partial charge in [0.1, 0.15) is 0 Å². The number of methoxy groups -OCH3 is 2.